The highest BCUT2D eigenvalue weighted by Gasteiger charge is 2.26. The van der Waals surface area contributed by atoms with E-state index in [1.54, 1.807) is 20.2 Å². The topological polar surface area (TPSA) is 68.9 Å². The predicted molar refractivity (Wildman–Crippen MR) is 72.6 cm³/mol. The van der Waals surface area contributed by atoms with Gasteiger partial charge in [0.25, 0.3) is 0 Å². The van der Waals surface area contributed by atoms with E-state index in [4.69, 9.17) is 5.41 Å². The summed E-state index contributed by atoms with van der Waals surface area (Å²) >= 11 is 0. The molecule has 0 aromatic rings. The maximum Gasteiger partial charge on any atom is 0.174 e. The Hall–Kier alpha value is -1.78. The monoisotopic (exact) mass is 246 g/mol. The first-order chi connectivity index (χ1) is 8.63. The summed E-state index contributed by atoms with van der Waals surface area (Å²) < 4.78 is 0. The number of nitrogens with one attached hydrogen (secondary N) is 1. The zero-order chi connectivity index (χ0) is 13.1. The van der Waals surface area contributed by atoms with E-state index in [-0.39, 0.29) is 11.7 Å². The fourth-order valence-corrected chi connectivity index (χ4v) is 2.40. The molecule has 18 heavy (non-hydrogen) atoms. The molecule has 0 aliphatic carbocycles. The van der Waals surface area contributed by atoms with Gasteiger partial charge in [0.1, 0.15) is 11.5 Å². The summed E-state index contributed by atoms with van der Waals surface area (Å²) in [6.07, 6.45) is 5.28. The number of carbonyl (C=O) groups excluding carboxylic acids is 1. The predicted octanol–water partition coefficient (Wildman–Crippen LogP) is 1.30. The summed E-state index contributed by atoms with van der Waals surface area (Å²) in [5.74, 6) is 0.938. The van der Waals surface area contributed by atoms with Crippen LogP contribution in [0.3, 0.4) is 0 Å². The van der Waals surface area contributed by atoms with E-state index in [0.29, 0.717) is 11.5 Å². The summed E-state index contributed by atoms with van der Waals surface area (Å²) in [7, 11) is 1.64. The van der Waals surface area contributed by atoms with Crippen LogP contribution in [0.1, 0.15) is 19.8 Å². The summed E-state index contributed by atoms with van der Waals surface area (Å²) in [5.41, 5.74) is 1.24. The van der Waals surface area contributed by atoms with Crippen LogP contribution in [0.15, 0.2) is 21.8 Å². The molecule has 96 valence electrons. The van der Waals surface area contributed by atoms with Crippen LogP contribution in [0.25, 0.3) is 0 Å². The van der Waals surface area contributed by atoms with Crippen LogP contribution < -0.4 is 0 Å². The quantitative estimate of drug-likeness (QED) is 0.798. The van der Waals surface area contributed by atoms with Gasteiger partial charge in [-0.2, -0.15) is 0 Å². The van der Waals surface area contributed by atoms with E-state index in [0.717, 1.165) is 31.6 Å². The van der Waals surface area contributed by atoms with Crippen LogP contribution in [0.2, 0.25) is 0 Å². The number of amidine groups is 1. The molecule has 0 aromatic heterocycles. The minimum absolute atomic E-state index is 0.188. The summed E-state index contributed by atoms with van der Waals surface area (Å²) in [4.78, 5) is 21.5. The Bertz CT molecular complexity index is 454. The molecule has 0 spiro atoms. The van der Waals surface area contributed by atoms with E-state index >= 15 is 0 Å². The van der Waals surface area contributed by atoms with Gasteiger partial charge in [0.2, 0.25) is 0 Å². The highest BCUT2D eigenvalue weighted by Crippen LogP contribution is 2.22. The zero-order valence-electron chi connectivity index (χ0n) is 10.8. The number of dihydropyridines is 1. The third-order valence-corrected chi connectivity index (χ3v) is 3.53. The molecule has 0 amide bonds. The Balaban J connectivity index is 2.06. The van der Waals surface area contributed by atoms with Crippen molar-refractivity contribution in [1.82, 2.24) is 4.90 Å². The van der Waals surface area contributed by atoms with Crippen molar-refractivity contribution in [2.24, 2.45) is 15.9 Å². The number of likely N-dealkylation sites (tertiary alicyclic amines) is 1. The second-order valence-corrected chi connectivity index (χ2v) is 4.62. The summed E-state index contributed by atoms with van der Waals surface area (Å²) in [5, 5.41) is 8.05. The average molecular weight is 246 g/mol. The fraction of sp³-hybridized carbons (Fsp3) is 0.538. The number of carbonyl (C=O) groups is 1. The van der Waals surface area contributed by atoms with E-state index < -0.39 is 0 Å². The maximum atomic E-state index is 11.3. The third-order valence-electron chi connectivity index (χ3n) is 3.53. The molecule has 0 bridgehead atoms. The van der Waals surface area contributed by atoms with Gasteiger partial charge >= 0.3 is 0 Å². The minimum Gasteiger partial charge on any atom is -0.370 e. The number of aliphatic imine (C=N–C) groups is 2. The Morgan fingerprint density at radius 3 is 2.72 bits per heavy atom. The molecule has 0 unspecified atom stereocenters. The molecule has 1 fully saturated rings. The molecule has 0 atom stereocenters. The molecule has 1 saturated heterocycles. The van der Waals surface area contributed by atoms with Crippen molar-refractivity contribution in [1.29, 1.82) is 5.41 Å². The van der Waals surface area contributed by atoms with E-state index in [1.165, 1.54) is 0 Å². The number of ketones is 1. The maximum absolute atomic E-state index is 11.3. The molecule has 2 heterocycles. The summed E-state index contributed by atoms with van der Waals surface area (Å²) in [6, 6.07) is 0. The molecular weight excluding hydrogens is 228 g/mol. The average Bonchev–Trinajstić information content (AvgIpc) is 2.39. The highest BCUT2D eigenvalue weighted by atomic mass is 16.1. The van der Waals surface area contributed by atoms with Crippen LogP contribution in [0, 0.1) is 11.3 Å². The second-order valence-electron chi connectivity index (χ2n) is 4.62. The molecule has 0 aromatic carbocycles. The van der Waals surface area contributed by atoms with E-state index in [9.17, 15) is 4.79 Å². The number of allylic oxidation sites excluding steroid dienone is 1. The van der Waals surface area contributed by atoms with Crippen molar-refractivity contribution >= 4 is 23.5 Å². The van der Waals surface area contributed by atoms with Crippen molar-refractivity contribution in [3.63, 3.8) is 0 Å². The van der Waals surface area contributed by atoms with Crippen LogP contribution in [0.4, 0.5) is 0 Å². The van der Waals surface area contributed by atoms with Gasteiger partial charge in [-0.3, -0.25) is 15.2 Å². The van der Waals surface area contributed by atoms with Gasteiger partial charge in [-0.25, -0.2) is 4.99 Å². The van der Waals surface area contributed by atoms with Crippen LogP contribution >= 0.6 is 0 Å². The van der Waals surface area contributed by atoms with Crippen molar-refractivity contribution in [2.75, 3.05) is 20.1 Å². The van der Waals surface area contributed by atoms with Crippen molar-refractivity contribution < 1.29 is 4.79 Å². The van der Waals surface area contributed by atoms with Crippen molar-refractivity contribution in [3.05, 3.63) is 11.8 Å². The first-order valence-corrected chi connectivity index (χ1v) is 6.19. The standard InChI is InChI=1S/C13H18N4O/c1-9(18)10-4-7-17(8-5-10)11-3-6-16-13(15-2)12(11)14/h3,6,10,14H,4-5,7-8H2,1-2H3. The van der Waals surface area contributed by atoms with E-state index in [1.807, 2.05) is 6.08 Å². The van der Waals surface area contributed by atoms with E-state index in [2.05, 4.69) is 14.9 Å². The van der Waals surface area contributed by atoms with Crippen LogP contribution in [0.5, 0.6) is 0 Å². The first-order valence-electron chi connectivity index (χ1n) is 6.19. The van der Waals surface area contributed by atoms with Crippen LogP contribution in [-0.2, 0) is 4.79 Å². The smallest absolute Gasteiger partial charge is 0.174 e. The van der Waals surface area contributed by atoms with Crippen molar-refractivity contribution in [2.45, 2.75) is 19.8 Å². The lowest BCUT2D eigenvalue weighted by molar-refractivity contribution is -0.121. The number of piperidine rings is 1. The van der Waals surface area contributed by atoms with Gasteiger partial charge in [0.15, 0.2) is 5.84 Å². The molecule has 2 aliphatic heterocycles. The Morgan fingerprint density at radius 2 is 2.17 bits per heavy atom. The largest absolute Gasteiger partial charge is 0.370 e. The van der Waals surface area contributed by atoms with Gasteiger partial charge in [-0.1, -0.05) is 0 Å². The Morgan fingerprint density at radius 1 is 1.50 bits per heavy atom. The van der Waals surface area contributed by atoms with Gasteiger partial charge in [0, 0.05) is 32.3 Å². The fourth-order valence-electron chi connectivity index (χ4n) is 2.40. The second kappa shape index (κ2) is 5.25. The molecule has 2 rings (SSSR count). The molecule has 5 heteroatoms. The third kappa shape index (κ3) is 2.39. The number of rotatable bonds is 2. The molecule has 0 radical (unpaired) electrons. The van der Waals surface area contributed by atoms with Crippen molar-refractivity contribution in [3.8, 4) is 0 Å². The minimum atomic E-state index is 0.188. The summed E-state index contributed by atoms with van der Waals surface area (Å²) in [6.45, 7) is 3.31. The molecule has 5 nitrogen and oxygen atoms in total. The first kappa shape index (κ1) is 12.7. The normalized spacial score (nSPS) is 23.4. The van der Waals surface area contributed by atoms with Gasteiger partial charge in [0.05, 0.1) is 5.70 Å². The molecule has 1 N–H and O–H groups in total. The van der Waals surface area contributed by atoms with Crippen LogP contribution in [-0.4, -0.2) is 48.6 Å². The number of Topliss-reactive ketones (excluding diaryl/α,β-unsaturated/α-hetero) is 1. The highest BCUT2D eigenvalue weighted by molar-refractivity contribution is 6.49. The number of hydrogen-bond donors (Lipinski definition) is 1. The SMILES string of the molecule is CN=C1N=CC=C(N2CCC(C(C)=O)CC2)C1=N. The lowest BCUT2D eigenvalue weighted by Gasteiger charge is -2.34. The van der Waals surface area contributed by atoms with Gasteiger partial charge < -0.3 is 4.90 Å². The van der Waals surface area contributed by atoms with Gasteiger partial charge in [-0.05, 0) is 25.8 Å². The Labute approximate surface area is 107 Å². The van der Waals surface area contributed by atoms with Gasteiger partial charge in [-0.15, -0.1) is 0 Å². The number of hydrogen-bond acceptors (Lipinski definition) is 4. The molecular formula is C13H18N4O. The molecule has 2 aliphatic rings. The molecule has 0 saturated carbocycles. The zero-order valence-corrected chi connectivity index (χ0v) is 10.8. The lowest BCUT2D eigenvalue weighted by Crippen LogP contribution is -2.39. The lowest BCUT2D eigenvalue weighted by atomic mass is 9.92. The Kier molecular flexibility index (Phi) is 3.69. The number of nitrogens with zero attached hydrogens (tertiary/aromatic N) is 3.